The van der Waals surface area contributed by atoms with Gasteiger partial charge in [-0.2, -0.15) is 0 Å². The van der Waals surface area contributed by atoms with Crippen LogP contribution in [0.5, 0.6) is 0 Å². The second-order valence-corrected chi connectivity index (χ2v) is 13.4. The van der Waals surface area contributed by atoms with Gasteiger partial charge in [-0.05, 0) is 25.1 Å². The van der Waals surface area contributed by atoms with Crippen LogP contribution >= 0.6 is 0 Å². The second-order valence-electron chi connectivity index (χ2n) is 7.32. The molecule has 0 saturated heterocycles. The van der Waals surface area contributed by atoms with Crippen molar-refractivity contribution in [3.05, 3.63) is 70.2 Å². The predicted molar refractivity (Wildman–Crippen MR) is 94.5 cm³/mol. The van der Waals surface area contributed by atoms with E-state index in [0.29, 0.717) is 3.63 Å². The van der Waals surface area contributed by atoms with E-state index in [9.17, 15) is 0 Å². The van der Waals surface area contributed by atoms with Gasteiger partial charge in [0, 0.05) is 11.1 Å². The van der Waals surface area contributed by atoms with Crippen molar-refractivity contribution < 1.29 is 54.0 Å². The summed E-state index contributed by atoms with van der Waals surface area (Å²) in [5.41, 5.74) is 6.76. The molecule has 25 heavy (non-hydrogen) atoms. The molecule has 0 spiro atoms. The minimum atomic E-state index is -1.10. The molecule has 0 amide bonds. The van der Waals surface area contributed by atoms with E-state index in [0.717, 1.165) is 11.3 Å². The van der Waals surface area contributed by atoms with Gasteiger partial charge in [-0.15, -0.1) is 0 Å². The van der Waals surface area contributed by atoms with E-state index in [-0.39, 0.29) is 24.8 Å². The van der Waals surface area contributed by atoms with Crippen molar-refractivity contribution in [3.63, 3.8) is 0 Å². The summed E-state index contributed by atoms with van der Waals surface area (Å²) >= 11 is 1.59. The molecule has 0 fully saturated rings. The molecule has 129 valence electrons. The molecule has 2 aliphatic heterocycles. The monoisotopic (exact) mass is 465 g/mol. The van der Waals surface area contributed by atoms with E-state index in [4.69, 9.17) is 4.42 Å². The molecule has 2 bridgehead atoms. The van der Waals surface area contributed by atoms with Crippen LogP contribution in [0.4, 0.5) is 0 Å². The first-order valence-corrected chi connectivity index (χ1v) is 12.7. The molecule has 2 aliphatic carbocycles. The van der Waals surface area contributed by atoms with Crippen molar-refractivity contribution in [1.29, 1.82) is 0 Å². The SMILES string of the molecule is CC1=C2c3oc(C)cc3C1[Si]2(C)C.[Cl-].[Cl-].[Zr+2][CH]1C=Cc2ccccc21. The maximum atomic E-state index is 5.76. The van der Waals surface area contributed by atoms with Crippen LogP contribution in [0, 0.1) is 6.92 Å². The predicted octanol–water partition coefficient (Wildman–Crippen LogP) is -0.432. The molecule has 2 unspecified atom stereocenters. The first-order valence-electron chi connectivity index (χ1n) is 8.21. The Balaban J connectivity index is 0.000000172. The van der Waals surface area contributed by atoms with Gasteiger partial charge in [0.15, 0.2) is 0 Å². The van der Waals surface area contributed by atoms with Crippen LogP contribution in [0.1, 0.15) is 44.3 Å². The van der Waals surface area contributed by atoms with E-state index in [1.165, 1.54) is 22.5 Å². The van der Waals surface area contributed by atoms with Crippen molar-refractivity contribution in [3.8, 4) is 0 Å². The van der Waals surface area contributed by atoms with Crippen LogP contribution in [0.2, 0.25) is 13.1 Å². The fourth-order valence-electron chi connectivity index (χ4n) is 4.55. The number of halogens is 2. The third-order valence-corrected chi connectivity index (χ3v) is 10.7. The zero-order valence-electron chi connectivity index (χ0n) is 14.9. The fourth-order valence-corrected chi connectivity index (χ4v) is 9.65. The number of furan rings is 1. The molecular formula is C20H21Cl2OSiZr. The van der Waals surface area contributed by atoms with Crippen molar-refractivity contribution in [2.24, 2.45) is 0 Å². The van der Waals surface area contributed by atoms with Crippen molar-refractivity contribution >= 4 is 19.3 Å². The molecule has 5 heteroatoms. The Bertz CT molecular complexity index is 866. The van der Waals surface area contributed by atoms with E-state index in [1.54, 1.807) is 35.5 Å². The van der Waals surface area contributed by atoms with Crippen molar-refractivity contribution in [2.75, 3.05) is 0 Å². The van der Waals surface area contributed by atoms with Crippen LogP contribution in [-0.2, 0) is 24.7 Å². The van der Waals surface area contributed by atoms with E-state index >= 15 is 0 Å². The minimum absolute atomic E-state index is 0. The van der Waals surface area contributed by atoms with Gasteiger partial charge in [0.25, 0.3) is 0 Å². The molecule has 2 aromatic rings. The normalized spacial score (nSPS) is 22.8. The Hall–Kier alpha value is -0.340. The maximum absolute atomic E-state index is 5.76. The molecule has 0 N–H and O–H groups in total. The zero-order valence-corrected chi connectivity index (χ0v) is 19.8. The Morgan fingerprint density at radius 3 is 2.32 bits per heavy atom. The van der Waals surface area contributed by atoms with Gasteiger partial charge in [0.2, 0.25) is 0 Å². The molecule has 1 aromatic carbocycles. The summed E-state index contributed by atoms with van der Waals surface area (Å²) in [7, 11) is -1.10. The summed E-state index contributed by atoms with van der Waals surface area (Å²) in [5, 5.41) is 1.60. The number of aryl methyl sites for hydroxylation is 1. The first kappa shape index (κ1) is 21.0. The van der Waals surface area contributed by atoms with Gasteiger partial charge in [0.05, 0.1) is 8.07 Å². The Labute approximate surface area is 178 Å². The molecular weight excluding hydrogens is 446 g/mol. The summed E-state index contributed by atoms with van der Waals surface area (Å²) in [5.74, 6) is 2.31. The Kier molecular flexibility index (Phi) is 6.16. The van der Waals surface area contributed by atoms with E-state index in [1.807, 2.05) is 6.92 Å². The van der Waals surface area contributed by atoms with Crippen LogP contribution in [0.25, 0.3) is 11.3 Å². The van der Waals surface area contributed by atoms with Crippen LogP contribution in [-0.4, -0.2) is 8.07 Å². The van der Waals surface area contributed by atoms with Crippen LogP contribution in [0.3, 0.4) is 0 Å². The number of benzene rings is 1. The third kappa shape index (κ3) is 3.12. The summed E-state index contributed by atoms with van der Waals surface area (Å²) < 4.78 is 6.47. The molecule has 3 heterocycles. The summed E-state index contributed by atoms with van der Waals surface area (Å²) in [6.45, 7) is 9.21. The average molecular weight is 468 g/mol. The first-order chi connectivity index (χ1) is 10.9. The third-order valence-electron chi connectivity index (χ3n) is 5.41. The van der Waals surface area contributed by atoms with Crippen LogP contribution in [0.15, 0.2) is 46.4 Å². The molecule has 2 atom stereocenters. The van der Waals surface area contributed by atoms with Gasteiger partial charge in [0.1, 0.15) is 11.5 Å². The molecule has 0 radical (unpaired) electrons. The van der Waals surface area contributed by atoms with Crippen LogP contribution < -0.4 is 24.8 Å². The molecule has 1 nitrogen and oxygen atoms in total. The summed E-state index contributed by atoms with van der Waals surface area (Å²) in [6, 6.07) is 10.8. The zero-order chi connectivity index (χ0) is 16.4. The van der Waals surface area contributed by atoms with Gasteiger partial charge < -0.3 is 29.2 Å². The van der Waals surface area contributed by atoms with Crippen molar-refractivity contribution in [2.45, 2.75) is 36.1 Å². The quantitative estimate of drug-likeness (QED) is 0.480. The van der Waals surface area contributed by atoms with Crippen molar-refractivity contribution in [1.82, 2.24) is 0 Å². The number of hydrogen-bond donors (Lipinski definition) is 0. The number of fused-ring (bicyclic) bond motifs is 1. The topological polar surface area (TPSA) is 13.1 Å². The molecule has 1 aromatic heterocycles. The molecule has 4 aliphatic rings. The van der Waals surface area contributed by atoms with Gasteiger partial charge in [-0.3, -0.25) is 0 Å². The summed E-state index contributed by atoms with van der Waals surface area (Å²) in [4.78, 5) is 0. The standard InChI is InChI=1S/C11H14OSi.C9H7.2ClH.Zr/c1-6-5-8-9(12-6)11-7(2)10(8)13(11,3)4;1-2-5-9-7-3-6-8(9)4-1;;;/h5,10H,1-4H3;1-7H;2*1H;/q;;;;+2/p-2. The van der Waals surface area contributed by atoms with E-state index < -0.39 is 8.07 Å². The summed E-state index contributed by atoms with van der Waals surface area (Å²) in [6.07, 6.45) is 4.50. The molecule has 6 rings (SSSR count). The number of rotatable bonds is 0. The van der Waals surface area contributed by atoms with Gasteiger partial charge in [-0.1, -0.05) is 18.7 Å². The fraction of sp³-hybridized carbons (Fsp3) is 0.300. The number of allylic oxidation sites excluding steroid dienone is 2. The Morgan fingerprint density at radius 1 is 1.04 bits per heavy atom. The second kappa shape index (κ2) is 7.35. The van der Waals surface area contributed by atoms with Gasteiger partial charge in [-0.25, -0.2) is 0 Å². The number of hydrogen-bond acceptors (Lipinski definition) is 1. The average Bonchev–Trinajstić information content (AvgIpc) is 3.16. The Morgan fingerprint density at radius 2 is 1.72 bits per heavy atom. The molecule has 0 saturated carbocycles. The van der Waals surface area contributed by atoms with E-state index in [2.05, 4.69) is 62.5 Å². The van der Waals surface area contributed by atoms with Gasteiger partial charge >= 0.3 is 75.9 Å².